The van der Waals surface area contributed by atoms with Gasteiger partial charge in [0.25, 0.3) is 0 Å². The molecule has 0 atom stereocenters. The monoisotopic (exact) mass is 409 g/mol. The van der Waals surface area contributed by atoms with Crippen LogP contribution in [0.4, 0.5) is 0 Å². The van der Waals surface area contributed by atoms with Crippen LogP contribution in [0.25, 0.3) is 0 Å². The van der Waals surface area contributed by atoms with Gasteiger partial charge in [0.2, 0.25) is 0 Å². The van der Waals surface area contributed by atoms with Crippen molar-refractivity contribution in [2.75, 3.05) is 38.7 Å². The van der Waals surface area contributed by atoms with E-state index in [-0.39, 0.29) is 0 Å². The Bertz CT molecular complexity index is 445. The molecular formula is C17H45N3P2Si2. The lowest BCUT2D eigenvalue weighted by Gasteiger charge is -2.46. The summed E-state index contributed by atoms with van der Waals surface area (Å²) in [6.07, 6.45) is 4.94. The minimum Gasteiger partial charge on any atom is -0.336 e. The van der Waals surface area contributed by atoms with E-state index in [1.165, 1.54) is 24.6 Å². The average molecular weight is 410 g/mol. The van der Waals surface area contributed by atoms with Crippen LogP contribution in [0.1, 0.15) is 27.7 Å². The third-order valence-corrected chi connectivity index (χ3v) is 22.1. The van der Waals surface area contributed by atoms with Crippen molar-refractivity contribution < 1.29 is 0 Å². The van der Waals surface area contributed by atoms with Gasteiger partial charge in [0.15, 0.2) is 16.5 Å². The van der Waals surface area contributed by atoms with Crippen molar-refractivity contribution in [2.45, 2.75) is 72.5 Å². The minimum atomic E-state index is -1.47. The first-order chi connectivity index (χ1) is 10.7. The molecule has 24 heavy (non-hydrogen) atoms. The molecule has 0 saturated heterocycles. The maximum absolute atomic E-state index is 5.68. The van der Waals surface area contributed by atoms with E-state index in [2.05, 4.69) is 86.0 Å². The topological polar surface area (TPSA) is 28.0 Å². The molecule has 0 heterocycles. The van der Waals surface area contributed by atoms with E-state index in [4.69, 9.17) is 8.82 Å². The summed E-state index contributed by atoms with van der Waals surface area (Å²) in [6.45, 7) is 24.0. The maximum Gasteiger partial charge on any atom is 0.170 e. The van der Waals surface area contributed by atoms with E-state index < -0.39 is 30.6 Å². The molecule has 0 aromatic carbocycles. The van der Waals surface area contributed by atoms with Gasteiger partial charge in [-0.15, -0.1) is 0 Å². The highest BCUT2D eigenvalue weighted by Crippen LogP contribution is 2.72. The molecule has 0 rings (SSSR count). The summed E-state index contributed by atoms with van der Waals surface area (Å²) in [5, 5.41) is 0. The van der Waals surface area contributed by atoms with Crippen molar-refractivity contribution in [2.24, 2.45) is 8.82 Å². The fraction of sp³-hybridized carbons (Fsp3) is 1.00. The van der Waals surface area contributed by atoms with Gasteiger partial charge in [-0.25, -0.2) is 0 Å². The Labute approximate surface area is 155 Å². The zero-order valence-corrected chi connectivity index (χ0v) is 22.4. The normalized spacial score (nSPS) is 14.4. The molecule has 0 aliphatic carbocycles. The quantitative estimate of drug-likeness (QED) is 0.298. The van der Waals surface area contributed by atoms with Gasteiger partial charge in [0.1, 0.15) is 0 Å². The predicted molar refractivity (Wildman–Crippen MR) is 125 cm³/mol. The summed E-state index contributed by atoms with van der Waals surface area (Å²) >= 11 is 0. The van der Waals surface area contributed by atoms with E-state index in [0.29, 0.717) is 5.52 Å². The van der Waals surface area contributed by atoms with Crippen molar-refractivity contribution in [3.05, 3.63) is 0 Å². The van der Waals surface area contributed by atoms with Crippen LogP contribution >= 0.6 is 14.1 Å². The molecule has 0 unspecified atom stereocenters. The van der Waals surface area contributed by atoms with E-state index in [1.807, 2.05) is 0 Å². The van der Waals surface area contributed by atoms with Crippen molar-refractivity contribution in [1.82, 2.24) is 4.90 Å². The highest BCUT2D eigenvalue weighted by atomic mass is 31.2. The van der Waals surface area contributed by atoms with E-state index in [0.717, 1.165) is 0 Å². The molecule has 0 aliphatic heterocycles. The van der Waals surface area contributed by atoms with Crippen LogP contribution in [0.3, 0.4) is 0 Å². The van der Waals surface area contributed by atoms with Gasteiger partial charge in [-0.1, -0.05) is 67.0 Å². The molecule has 3 nitrogen and oxygen atoms in total. The molecule has 146 valence electrons. The number of nitrogens with zero attached hydrogens (tertiary/aromatic N) is 3. The van der Waals surface area contributed by atoms with Gasteiger partial charge in [0, 0.05) is 0 Å². The number of hydrogen-bond acceptors (Lipinski definition) is 3. The highest BCUT2D eigenvalue weighted by molar-refractivity contribution is 7.84. The summed E-state index contributed by atoms with van der Waals surface area (Å²) < 4.78 is 11.4. The first kappa shape index (κ1) is 24.9. The van der Waals surface area contributed by atoms with Crippen molar-refractivity contribution in [3.8, 4) is 0 Å². The van der Waals surface area contributed by atoms with Gasteiger partial charge in [-0.2, -0.15) is 0 Å². The highest BCUT2D eigenvalue weighted by Gasteiger charge is 2.41. The standard InChI is InChI=1S/C17H45N3P2Si2/c1-13-21(14-2,18-23(7,8)9)17(20(5)6)22(15-3,16-4)19-24(10,11)12/h17H,13-16H2,1-12H3. The summed E-state index contributed by atoms with van der Waals surface area (Å²) in [6, 6.07) is 0. The lowest BCUT2D eigenvalue weighted by atomic mass is 10.9. The fourth-order valence-corrected chi connectivity index (χ4v) is 26.6. The summed E-state index contributed by atoms with van der Waals surface area (Å²) in [7, 11) is -1.14. The molecule has 0 spiro atoms. The molecule has 0 aliphatic rings. The first-order valence-electron chi connectivity index (χ1n) is 9.61. The summed E-state index contributed by atoms with van der Waals surface area (Å²) in [4.78, 5) is 2.54. The van der Waals surface area contributed by atoms with Gasteiger partial charge in [0.05, 0.1) is 5.52 Å². The van der Waals surface area contributed by atoms with Gasteiger partial charge >= 0.3 is 0 Å². The molecule has 7 heteroatoms. The SMILES string of the molecule is CCP(CC)(=N[Si](C)(C)C)C(N(C)C)P(CC)(CC)=N[Si](C)(C)C. The van der Waals surface area contributed by atoms with Crippen LogP contribution in [0.5, 0.6) is 0 Å². The van der Waals surface area contributed by atoms with E-state index >= 15 is 0 Å². The molecule has 0 bridgehead atoms. The minimum absolute atomic E-state index is 0.591. The van der Waals surface area contributed by atoms with Crippen molar-refractivity contribution in [1.29, 1.82) is 0 Å². The molecule has 0 aromatic rings. The smallest absolute Gasteiger partial charge is 0.170 e. The van der Waals surface area contributed by atoms with Gasteiger partial charge in [-0.05, 0) is 52.9 Å². The Morgan fingerprint density at radius 1 is 0.667 bits per heavy atom. The Balaban J connectivity index is 6.86. The molecule has 0 N–H and O–H groups in total. The summed E-state index contributed by atoms with van der Waals surface area (Å²) in [5.74, 6) is 0. The van der Waals surface area contributed by atoms with E-state index in [1.54, 1.807) is 0 Å². The molecule has 0 aromatic heterocycles. The van der Waals surface area contributed by atoms with Gasteiger partial charge < -0.3 is 8.82 Å². The third kappa shape index (κ3) is 6.54. The van der Waals surface area contributed by atoms with Crippen LogP contribution in [0.2, 0.25) is 39.3 Å². The molecule has 0 saturated carbocycles. The Morgan fingerprint density at radius 3 is 1.04 bits per heavy atom. The second-order valence-electron chi connectivity index (χ2n) is 9.09. The zero-order valence-electron chi connectivity index (χ0n) is 18.6. The van der Waals surface area contributed by atoms with Crippen molar-refractivity contribution in [3.63, 3.8) is 0 Å². The lowest BCUT2D eigenvalue weighted by Crippen LogP contribution is -2.34. The first-order valence-corrected chi connectivity index (χ1v) is 20.9. The lowest BCUT2D eigenvalue weighted by molar-refractivity contribution is 0.445. The van der Waals surface area contributed by atoms with Crippen LogP contribution < -0.4 is 0 Å². The fourth-order valence-electron chi connectivity index (χ4n) is 3.94. The van der Waals surface area contributed by atoms with Gasteiger partial charge in [-0.3, -0.25) is 4.90 Å². The molecule has 0 amide bonds. The average Bonchev–Trinajstić information content (AvgIpc) is 2.42. The maximum atomic E-state index is 5.68. The predicted octanol–water partition coefficient (Wildman–Crippen LogP) is 6.98. The Morgan fingerprint density at radius 2 is 0.917 bits per heavy atom. The second-order valence-corrected chi connectivity index (χ2v) is 27.2. The second kappa shape index (κ2) is 9.17. The van der Waals surface area contributed by atoms with E-state index in [9.17, 15) is 0 Å². The largest absolute Gasteiger partial charge is 0.336 e. The third-order valence-electron chi connectivity index (χ3n) is 4.51. The number of rotatable bonds is 9. The van der Waals surface area contributed by atoms with Crippen LogP contribution in [-0.4, -0.2) is 65.6 Å². The molecule has 0 fully saturated rings. The Hall–Kier alpha value is 0.854. The molecule has 0 radical (unpaired) electrons. The summed E-state index contributed by atoms with van der Waals surface area (Å²) in [5.41, 5.74) is 0.591. The Kier molecular flexibility index (Phi) is 9.50. The van der Waals surface area contributed by atoms with Crippen LogP contribution in [0.15, 0.2) is 8.82 Å². The molecular weight excluding hydrogens is 364 g/mol. The number of hydrogen-bond donors (Lipinski definition) is 0. The van der Waals surface area contributed by atoms with Crippen LogP contribution in [0, 0.1) is 0 Å². The van der Waals surface area contributed by atoms with Crippen molar-refractivity contribution >= 4 is 30.6 Å². The zero-order chi connectivity index (χ0) is 19.4. The van der Waals surface area contributed by atoms with Crippen LogP contribution in [-0.2, 0) is 0 Å².